The highest BCUT2D eigenvalue weighted by molar-refractivity contribution is 6.30. The van der Waals surface area contributed by atoms with Crippen LogP contribution >= 0.6 is 11.6 Å². The largest absolute Gasteiger partial charge is 0.492 e. The molecule has 0 unspecified atom stereocenters. The number of hydrogen-bond donors (Lipinski definition) is 1. The van der Waals surface area contributed by atoms with Gasteiger partial charge >= 0.3 is 5.97 Å². The van der Waals surface area contributed by atoms with Gasteiger partial charge in [0.2, 0.25) is 5.91 Å². The Labute approximate surface area is 145 Å². The molecule has 0 bridgehead atoms. The first kappa shape index (κ1) is 18.5. The van der Waals surface area contributed by atoms with Crippen LogP contribution in [-0.2, 0) is 19.1 Å². The zero-order valence-corrected chi connectivity index (χ0v) is 14.3. The number of amides is 1. The van der Waals surface area contributed by atoms with Crippen LogP contribution in [0, 0.1) is 0 Å². The van der Waals surface area contributed by atoms with Crippen molar-refractivity contribution in [2.45, 2.75) is 6.04 Å². The minimum absolute atomic E-state index is 0.115. The molecule has 1 fully saturated rings. The molecule has 1 aliphatic rings. The number of methoxy groups -OCH3 is 1. The average Bonchev–Trinajstić information content (AvgIpc) is 2.60. The van der Waals surface area contributed by atoms with Gasteiger partial charge in [0.05, 0.1) is 33.4 Å². The second kappa shape index (κ2) is 9.46. The predicted octanol–water partition coefficient (Wildman–Crippen LogP) is 0.709. The Kier molecular flexibility index (Phi) is 7.30. The fourth-order valence-corrected chi connectivity index (χ4v) is 2.44. The molecule has 7 nitrogen and oxygen atoms in total. The van der Waals surface area contributed by atoms with E-state index < -0.39 is 12.0 Å². The third kappa shape index (κ3) is 5.67. The van der Waals surface area contributed by atoms with Crippen LogP contribution in [0.5, 0.6) is 5.75 Å². The summed E-state index contributed by atoms with van der Waals surface area (Å²) < 4.78 is 15.5. The molecule has 2 rings (SSSR count). The van der Waals surface area contributed by atoms with Gasteiger partial charge in [-0.05, 0) is 24.3 Å². The predicted molar refractivity (Wildman–Crippen MR) is 88.2 cm³/mol. The molecule has 1 aromatic carbocycles. The molecule has 1 amide bonds. The van der Waals surface area contributed by atoms with E-state index in [4.69, 9.17) is 25.8 Å². The molecule has 1 heterocycles. The number of morpholine rings is 1. The van der Waals surface area contributed by atoms with E-state index >= 15 is 0 Å². The molecule has 24 heavy (non-hydrogen) atoms. The number of rotatable bonds is 7. The summed E-state index contributed by atoms with van der Waals surface area (Å²) in [5.74, 6) is 0.117. The van der Waals surface area contributed by atoms with E-state index in [0.717, 1.165) is 0 Å². The van der Waals surface area contributed by atoms with Gasteiger partial charge < -0.3 is 19.5 Å². The summed E-state index contributed by atoms with van der Waals surface area (Å²) in [6.07, 6.45) is 0. The summed E-state index contributed by atoms with van der Waals surface area (Å²) in [4.78, 5) is 25.5. The van der Waals surface area contributed by atoms with Gasteiger partial charge in [0.25, 0.3) is 0 Å². The summed E-state index contributed by atoms with van der Waals surface area (Å²) in [5.41, 5.74) is 0. The van der Waals surface area contributed by atoms with Gasteiger partial charge in [-0.1, -0.05) is 11.6 Å². The van der Waals surface area contributed by atoms with Crippen molar-refractivity contribution >= 4 is 23.5 Å². The molecule has 1 atom stereocenters. The number of nitrogens with zero attached hydrogens (tertiary/aromatic N) is 1. The van der Waals surface area contributed by atoms with Crippen molar-refractivity contribution in [1.82, 2.24) is 10.2 Å². The first-order valence-corrected chi connectivity index (χ1v) is 8.02. The quantitative estimate of drug-likeness (QED) is 0.572. The Balaban J connectivity index is 1.70. The smallest absolute Gasteiger partial charge is 0.325 e. The van der Waals surface area contributed by atoms with Crippen LogP contribution in [-0.4, -0.2) is 69.4 Å². The van der Waals surface area contributed by atoms with Crippen molar-refractivity contribution in [3.05, 3.63) is 29.3 Å². The van der Waals surface area contributed by atoms with E-state index in [2.05, 4.69) is 5.32 Å². The summed E-state index contributed by atoms with van der Waals surface area (Å²) >= 11 is 5.79. The van der Waals surface area contributed by atoms with Crippen molar-refractivity contribution in [2.75, 3.05) is 46.6 Å². The number of halogens is 1. The van der Waals surface area contributed by atoms with Gasteiger partial charge in [-0.15, -0.1) is 0 Å². The average molecular weight is 357 g/mol. The van der Waals surface area contributed by atoms with Gasteiger partial charge in [0.1, 0.15) is 18.4 Å². The van der Waals surface area contributed by atoms with Crippen LogP contribution in [0.3, 0.4) is 0 Å². The van der Waals surface area contributed by atoms with Crippen molar-refractivity contribution in [3.8, 4) is 5.75 Å². The van der Waals surface area contributed by atoms with E-state index in [1.807, 2.05) is 0 Å². The van der Waals surface area contributed by atoms with Crippen molar-refractivity contribution in [2.24, 2.45) is 0 Å². The number of carbonyl (C=O) groups excluding carboxylic acids is 2. The van der Waals surface area contributed by atoms with Crippen molar-refractivity contribution < 1.29 is 23.8 Å². The van der Waals surface area contributed by atoms with E-state index in [-0.39, 0.29) is 19.1 Å². The Morgan fingerprint density at radius 2 is 2.12 bits per heavy atom. The first-order valence-electron chi connectivity index (χ1n) is 7.65. The third-order valence-electron chi connectivity index (χ3n) is 3.57. The summed E-state index contributed by atoms with van der Waals surface area (Å²) in [5, 5.41) is 3.40. The number of carbonyl (C=O) groups is 2. The second-order valence-electron chi connectivity index (χ2n) is 5.24. The minimum atomic E-state index is -0.542. The third-order valence-corrected chi connectivity index (χ3v) is 3.82. The number of ether oxygens (including phenoxy) is 3. The van der Waals surface area contributed by atoms with Crippen molar-refractivity contribution in [3.63, 3.8) is 0 Å². The van der Waals surface area contributed by atoms with Gasteiger partial charge in [-0.25, -0.2) is 0 Å². The highest BCUT2D eigenvalue weighted by Gasteiger charge is 2.31. The fourth-order valence-electron chi connectivity index (χ4n) is 2.31. The normalized spacial score (nSPS) is 18.0. The SMILES string of the molecule is COC(=O)[C@H]1COCCN1CC(=O)NCCOc1ccc(Cl)cc1. The lowest BCUT2D eigenvalue weighted by atomic mass is 10.2. The molecule has 0 spiro atoms. The summed E-state index contributed by atoms with van der Waals surface area (Å²) in [6, 6.07) is 6.46. The van der Waals surface area contributed by atoms with Gasteiger partial charge in [-0.2, -0.15) is 0 Å². The topological polar surface area (TPSA) is 77.1 Å². The van der Waals surface area contributed by atoms with E-state index in [0.29, 0.717) is 37.1 Å². The molecule has 1 N–H and O–H groups in total. The second-order valence-corrected chi connectivity index (χ2v) is 5.67. The lowest BCUT2D eigenvalue weighted by molar-refractivity contribution is -0.154. The van der Waals surface area contributed by atoms with Gasteiger partial charge in [0.15, 0.2) is 0 Å². The maximum atomic E-state index is 12.0. The molecule has 0 aliphatic carbocycles. The van der Waals surface area contributed by atoms with Crippen LogP contribution < -0.4 is 10.1 Å². The fraction of sp³-hybridized carbons (Fsp3) is 0.500. The Morgan fingerprint density at radius 1 is 1.38 bits per heavy atom. The Morgan fingerprint density at radius 3 is 2.83 bits per heavy atom. The van der Waals surface area contributed by atoms with Crippen LogP contribution in [0.15, 0.2) is 24.3 Å². The van der Waals surface area contributed by atoms with Gasteiger partial charge in [-0.3, -0.25) is 14.5 Å². The van der Waals surface area contributed by atoms with Crippen LogP contribution in [0.4, 0.5) is 0 Å². The molecule has 0 saturated carbocycles. The number of nitrogens with one attached hydrogen (secondary N) is 1. The lowest BCUT2D eigenvalue weighted by Gasteiger charge is -2.32. The highest BCUT2D eigenvalue weighted by atomic mass is 35.5. The summed E-state index contributed by atoms with van der Waals surface area (Å²) in [7, 11) is 1.32. The first-order chi connectivity index (χ1) is 11.6. The molecule has 1 aliphatic heterocycles. The molecular formula is C16H21ClN2O5. The standard InChI is InChI=1S/C16H21ClN2O5/c1-22-16(21)14-11-23-9-7-19(14)10-15(20)18-6-8-24-13-4-2-12(17)3-5-13/h2-5,14H,6-11H2,1H3,(H,18,20)/t14-/m1/s1. The molecule has 132 valence electrons. The monoisotopic (exact) mass is 356 g/mol. The molecule has 0 aromatic heterocycles. The van der Waals surface area contributed by atoms with Crippen LogP contribution in [0.2, 0.25) is 5.02 Å². The molecular weight excluding hydrogens is 336 g/mol. The number of benzene rings is 1. The maximum absolute atomic E-state index is 12.0. The van der Waals surface area contributed by atoms with Gasteiger partial charge in [0, 0.05) is 11.6 Å². The number of hydrogen-bond acceptors (Lipinski definition) is 6. The van der Waals surface area contributed by atoms with Crippen LogP contribution in [0.25, 0.3) is 0 Å². The van der Waals surface area contributed by atoms with E-state index in [1.54, 1.807) is 29.2 Å². The summed E-state index contributed by atoms with van der Waals surface area (Å²) in [6.45, 7) is 2.06. The van der Waals surface area contributed by atoms with E-state index in [1.165, 1.54) is 7.11 Å². The zero-order chi connectivity index (χ0) is 17.4. The molecule has 0 radical (unpaired) electrons. The molecule has 1 saturated heterocycles. The minimum Gasteiger partial charge on any atom is -0.492 e. The Bertz CT molecular complexity index is 552. The Hall–Kier alpha value is -1.83. The lowest BCUT2D eigenvalue weighted by Crippen LogP contribution is -2.53. The number of esters is 1. The van der Waals surface area contributed by atoms with Crippen molar-refractivity contribution in [1.29, 1.82) is 0 Å². The molecule has 1 aromatic rings. The highest BCUT2D eigenvalue weighted by Crippen LogP contribution is 2.15. The maximum Gasteiger partial charge on any atom is 0.325 e. The zero-order valence-electron chi connectivity index (χ0n) is 13.5. The van der Waals surface area contributed by atoms with E-state index in [9.17, 15) is 9.59 Å². The van der Waals surface area contributed by atoms with Crippen LogP contribution in [0.1, 0.15) is 0 Å². The molecule has 8 heteroatoms.